The lowest BCUT2D eigenvalue weighted by atomic mass is 10.1. The maximum absolute atomic E-state index is 12.4. The quantitative estimate of drug-likeness (QED) is 0.797. The molecule has 2 N–H and O–H groups in total. The van der Waals surface area contributed by atoms with Gasteiger partial charge < -0.3 is 5.32 Å². The van der Waals surface area contributed by atoms with E-state index in [1.807, 2.05) is 7.05 Å². The van der Waals surface area contributed by atoms with Crippen molar-refractivity contribution in [2.75, 3.05) is 13.6 Å². The van der Waals surface area contributed by atoms with Crippen LogP contribution in [0.5, 0.6) is 0 Å². The van der Waals surface area contributed by atoms with Gasteiger partial charge in [0, 0.05) is 18.0 Å². The molecule has 0 saturated heterocycles. The van der Waals surface area contributed by atoms with Crippen LogP contribution in [-0.2, 0) is 16.6 Å². The highest BCUT2D eigenvalue weighted by Crippen LogP contribution is 2.33. The van der Waals surface area contributed by atoms with E-state index < -0.39 is 10.0 Å². The molecule has 1 aliphatic carbocycles. The summed E-state index contributed by atoms with van der Waals surface area (Å²) < 4.78 is 28.1. The van der Waals surface area contributed by atoms with Gasteiger partial charge in [-0.1, -0.05) is 13.3 Å². The molecule has 1 aromatic rings. The van der Waals surface area contributed by atoms with Crippen LogP contribution in [0, 0.1) is 11.8 Å². The zero-order valence-electron chi connectivity index (χ0n) is 11.8. The van der Waals surface area contributed by atoms with Gasteiger partial charge in [-0.3, -0.25) is 0 Å². The van der Waals surface area contributed by atoms with Gasteiger partial charge in [0.2, 0.25) is 10.0 Å². The number of hydrogen-bond acceptors (Lipinski definition) is 4. The molecular formula is C13H21BrN2O2S2. The summed E-state index contributed by atoms with van der Waals surface area (Å²) in [6, 6.07) is 1.74. The summed E-state index contributed by atoms with van der Waals surface area (Å²) in [5.41, 5.74) is 0. The lowest BCUT2D eigenvalue weighted by molar-refractivity contribution is 0.498. The zero-order chi connectivity index (χ0) is 14.8. The van der Waals surface area contributed by atoms with Crippen LogP contribution in [0.3, 0.4) is 0 Å². The van der Waals surface area contributed by atoms with Gasteiger partial charge in [-0.25, -0.2) is 13.1 Å². The Bertz CT molecular complexity index is 557. The maximum Gasteiger partial charge on any atom is 0.242 e. The van der Waals surface area contributed by atoms with E-state index in [9.17, 15) is 8.42 Å². The molecule has 114 valence electrons. The summed E-state index contributed by atoms with van der Waals surface area (Å²) in [5, 5.41) is 3.03. The average molecular weight is 381 g/mol. The first kappa shape index (κ1) is 16.4. The van der Waals surface area contributed by atoms with Crippen LogP contribution in [0.15, 0.2) is 14.7 Å². The minimum absolute atomic E-state index is 0.360. The Kier molecular flexibility index (Phi) is 5.64. The smallest absolute Gasteiger partial charge is 0.242 e. The van der Waals surface area contributed by atoms with Crippen molar-refractivity contribution in [2.45, 2.75) is 37.6 Å². The van der Waals surface area contributed by atoms with Gasteiger partial charge in [0.25, 0.3) is 0 Å². The Morgan fingerprint density at radius 3 is 2.80 bits per heavy atom. The molecule has 2 atom stereocenters. The van der Waals surface area contributed by atoms with Crippen LogP contribution in [0.1, 0.15) is 31.1 Å². The van der Waals surface area contributed by atoms with Gasteiger partial charge in [0.1, 0.15) is 4.90 Å². The van der Waals surface area contributed by atoms with Crippen LogP contribution in [0.25, 0.3) is 0 Å². The molecule has 0 amide bonds. The molecule has 0 spiro atoms. The van der Waals surface area contributed by atoms with E-state index in [-0.39, 0.29) is 0 Å². The van der Waals surface area contributed by atoms with Gasteiger partial charge in [0.05, 0.1) is 3.79 Å². The first-order valence-electron chi connectivity index (χ1n) is 6.85. The Labute approximate surface area is 133 Å². The fraction of sp³-hybridized carbons (Fsp3) is 0.692. The summed E-state index contributed by atoms with van der Waals surface area (Å²) in [5.74, 6) is 1.20. The van der Waals surface area contributed by atoms with E-state index in [1.165, 1.54) is 17.8 Å². The van der Waals surface area contributed by atoms with Crippen molar-refractivity contribution in [2.24, 2.45) is 11.8 Å². The number of nitrogens with one attached hydrogen (secondary N) is 2. The monoisotopic (exact) mass is 380 g/mol. The molecule has 0 bridgehead atoms. The lowest BCUT2D eigenvalue weighted by Gasteiger charge is -2.11. The van der Waals surface area contributed by atoms with Crippen molar-refractivity contribution in [3.63, 3.8) is 0 Å². The summed E-state index contributed by atoms with van der Waals surface area (Å²) in [6.45, 7) is 3.46. The fourth-order valence-corrected chi connectivity index (χ4v) is 6.47. The molecule has 1 aromatic heterocycles. The Hall–Kier alpha value is 0.0500. The van der Waals surface area contributed by atoms with Gasteiger partial charge in [-0.05, 0) is 53.7 Å². The third-order valence-electron chi connectivity index (χ3n) is 3.71. The van der Waals surface area contributed by atoms with Crippen molar-refractivity contribution in [3.8, 4) is 0 Å². The second kappa shape index (κ2) is 6.87. The number of thiophene rings is 1. The predicted octanol–water partition coefficient (Wildman–Crippen LogP) is 2.94. The molecule has 7 heteroatoms. The van der Waals surface area contributed by atoms with E-state index >= 15 is 0 Å². The summed E-state index contributed by atoms with van der Waals surface area (Å²) in [7, 11) is -1.56. The Morgan fingerprint density at radius 2 is 2.20 bits per heavy atom. The minimum Gasteiger partial charge on any atom is -0.315 e. The van der Waals surface area contributed by atoms with Crippen LogP contribution in [-0.4, -0.2) is 22.0 Å². The molecule has 0 radical (unpaired) electrons. The maximum atomic E-state index is 12.4. The molecule has 4 nitrogen and oxygen atoms in total. The van der Waals surface area contributed by atoms with E-state index in [0.29, 0.717) is 27.7 Å². The molecule has 1 heterocycles. The summed E-state index contributed by atoms with van der Waals surface area (Å²) >= 11 is 4.82. The van der Waals surface area contributed by atoms with Crippen molar-refractivity contribution in [1.29, 1.82) is 0 Å². The molecule has 0 aliphatic heterocycles. The first-order chi connectivity index (χ1) is 9.42. The lowest BCUT2D eigenvalue weighted by Crippen LogP contribution is -2.28. The highest BCUT2D eigenvalue weighted by molar-refractivity contribution is 9.11. The molecule has 1 saturated carbocycles. The SMILES string of the molecule is CNCc1cc(S(=O)(=O)NCC2CCC(C)C2)c(Br)s1. The predicted molar refractivity (Wildman–Crippen MR) is 86.5 cm³/mol. The van der Waals surface area contributed by atoms with E-state index in [2.05, 4.69) is 32.9 Å². The van der Waals surface area contributed by atoms with Crippen LogP contribution >= 0.6 is 27.3 Å². The van der Waals surface area contributed by atoms with Crippen LogP contribution in [0.2, 0.25) is 0 Å². The van der Waals surface area contributed by atoms with E-state index in [1.54, 1.807) is 6.07 Å². The van der Waals surface area contributed by atoms with Crippen molar-refractivity contribution in [3.05, 3.63) is 14.7 Å². The normalized spacial score (nSPS) is 23.4. The second-order valence-electron chi connectivity index (χ2n) is 5.52. The molecule has 0 aromatic carbocycles. The van der Waals surface area contributed by atoms with Crippen molar-refractivity contribution >= 4 is 37.3 Å². The van der Waals surface area contributed by atoms with Gasteiger partial charge in [-0.15, -0.1) is 11.3 Å². The number of hydrogen-bond donors (Lipinski definition) is 2. The molecule has 1 fully saturated rings. The summed E-state index contributed by atoms with van der Waals surface area (Å²) in [4.78, 5) is 1.37. The summed E-state index contributed by atoms with van der Waals surface area (Å²) in [6.07, 6.45) is 3.46. The second-order valence-corrected chi connectivity index (χ2v) is 9.71. The van der Waals surface area contributed by atoms with Gasteiger partial charge in [-0.2, -0.15) is 0 Å². The molecule has 1 aliphatic rings. The Morgan fingerprint density at radius 1 is 1.45 bits per heavy atom. The largest absolute Gasteiger partial charge is 0.315 e. The number of halogens is 1. The van der Waals surface area contributed by atoms with Crippen LogP contribution in [0.4, 0.5) is 0 Å². The molecule has 2 rings (SSSR count). The van der Waals surface area contributed by atoms with Crippen molar-refractivity contribution in [1.82, 2.24) is 10.0 Å². The zero-order valence-corrected chi connectivity index (χ0v) is 15.0. The number of sulfonamides is 1. The minimum atomic E-state index is -3.41. The highest BCUT2D eigenvalue weighted by Gasteiger charge is 2.25. The van der Waals surface area contributed by atoms with E-state index in [4.69, 9.17) is 0 Å². The Balaban J connectivity index is 2.02. The third kappa shape index (κ3) is 4.04. The van der Waals surface area contributed by atoms with Crippen molar-refractivity contribution < 1.29 is 8.42 Å². The van der Waals surface area contributed by atoms with E-state index in [0.717, 1.165) is 23.6 Å². The standard InChI is InChI=1S/C13H21BrN2O2S2/c1-9-3-4-10(5-9)7-16-20(17,18)12-6-11(8-15-2)19-13(12)14/h6,9-10,15-16H,3-5,7-8H2,1-2H3. The van der Waals surface area contributed by atoms with Gasteiger partial charge >= 0.3 is 0 Å². The topological polar surface area (TPSA) is 58.2 Å². The molecule has 20 heavy (non-hydrogen) atoms. The highest BCUT2D eigenvalue weighted by atomic mass is 79.9. The average Bonchev–Trinajstić information content (AvgIpc) is 2.94. The third-order valence-corrected chi connectivity index (χ3v) is 7.39. The molecule has 2 unspecified atom stereocenters. The molecular weight excluding hydrogens is 360 g/mol. The van der Waals surface area contributed by atoms with Crippen LogP contribution < -0.4 is 10.0 Å². The number of rotatable bonds is 6. The van der Waals surface area contributed by atoms with Gasteiger partial charge in [0.15, 0.2) is 0 Å². The first-order valence-corrected chi connectivity index (χ1v) is 9.94. The fourth-order valence-electron chi connectivity index (χ4n) is 2.66.